The fourth-order valence-electron chi connectivity index (χ4n) is 4.00. The third kappa shape index (κ3) is 3.56. The number of nitrogens with one attached hydrogen (secondary N) is 1. The van der Waals surface area contributed by atoms with E-state index in [1.165, 1.54) is 11.3 Å². The standard InChI is InChI=1S/C20H23N3O4S/c1-11-4-5-14-15(7-11)28-20(17(14)18(21)25)22-19(26)12-8-16(24)23(9-12)10-13-3-2-6-27-13/h2-3,6,11-12H,4-5,7-10H2,1H3,(H2,21,25)(H,22,26)/t11-,12-/m0/s1. The summed E-state index contributed by atoms with van der Waals surface area (Å²) in [7, 11) is 0. The Morgan fingerprint density at radius 3 is 2.93 bits per heavy atom. The van der Waals surface area contributed by atoms with Crippen LogP contribution in [0.15, 0.2) is 22.8 Å². The maximum absolute atomic E-state index is 12.8. The van der Waals surface area contributed by atoms with Gasteiger partial charge in [0.15, 0.2) is 0 Å². The van der Waals surface area contributed by atoms with Gasteiger partial charge in [-0.25, -0.2) is 0 Å². The molecule has 0 bridgehead atoms. The van der Waals surface area contributed by atoms with Gasteiger partial charge in [0, 0.05) is 17.8 Å². The molecule has 3 heterocycles. The molecule has 1 aliphatic carbocycles. The van der Waals surface area contributed by atoms with Gasteiger partial charge in [0.05, 0.1) is 24.3 Å². The van der Waals surface area contributed by atoms with Crippen LogP contribution in [0.25, 0.3) is 0 Å². The Morgan fingerprint density at radius 1 is 1.39 bits per heavy atom. The third-order valence-electron chi connectivity index (χ3n) is 5.51. The number of furan rings is 1. The van der Waals surface area contributed by atoms with Crippen molar-refractivity contribution in [1.29, 1.82) is 0 Å². The Kier molecular flexibility index (Phi) is 4.97. The number of fused-ring (bicyclic) bond motifs is 1. The number of carbonyl (C=O) groups is 3. The monoisotopic (exact) mass is 401 g/mol. The number of nitrogens with zero attached hydrogens (tertiary/aromatic N) is 1. The van der Waals surface area contributed by atoms with Gasteiger partial charge in [0.25, 0.3) is 5.91 Å². The van der Waals surface area contributed by atoms with Crippen molar-refractivity contribution in [3.05, 3.63) is 40.2 Å². The van der Waals surface area contributed by atoms with Gasteiger partial charge in [-0.05, 0) is 42.9 Å². The first kappa shape index (κ1) is 18.7. The quantitative estimate of drug-likeness (QED) is 0.803. The molecule has 1 fully saturated rings. The molecule has 0 unspecified atom stereocenters. The number of thiophene rings is 1. The summed E-state index contributed by atoms with van der Waals surface area (Å²) in [5, 5.41) is 3.40. The first-order valence-corrected chi connectivity index (χ1v) is 10.3. The van der Waals surface area contributed by atoms with Gasteiger partial charge in [0.1, 0.15) is 10.8 Å². The average Bonchev–Trinajstić information content (AvgIpc) is 3.34. The number of hydrogen-bond acceptors (Lipinski definition) is 5. The molecule has 3 amide bonds. The molecular weight excluding hydrogens is 378 g/mol. The van der Waals surface area contributed by atoms with Crippen molar-refractivity contribution >= 4 is 34.1 Å². The molecule has 4 rings (SSSR count). The Hall–Kier alpha value is -2.61. The zero-order valence-corrected chi connectivity index (χ0v) is 16.5. The van der Waals surface area contributed by atoms with E-state index < -0.39 is 11.8 Å². The minimum atomic E-state index is -0.510. The average molecular weight is 401 g/mol. The molecule has 2 aromatic heterocycles. The van der Waals surface area contributed by atoms with Crippen molar-refractivity contribution in [1.82, 2.24) is 4.90 Å². The van der Waals surface area contributed by atoms with Gasteiger partial charge in [-0.2, -0.15) is 0 Å². The summed E-state index contributed by atoms with van der Waals surface area (Å²) in [5.74, 6) is -0.0514. The summed E-state index contributed by atoms with van der Waals surface area (Å²) >= 11 is 1.44. The summed E-state index contributed by atoms with van der Waals surface area (Å²) in [6.45, 7) is 2.87. The molecule has 2 atom stereocenters. The number of nitrogens with two attached hydrogens (primary N) is 1. The third-order valence-corrected chi connectivity index (χ3v) is 6.68. The fraction of sp³-hybridized carbons (Fsp3) is 0.450. The molecule has 0 saturated carbocycles. The molecule has 2 aromatic rings. The highest BCUT2D eigenvalue weighted by Crippen LogP contribution is 2.39. The molecular formula is C20H23N3O4S. The van der Waals surface area contributed by atoms with Crippen LogP contribution in [-0.2, 0) is 29.0 Å². The Labute approximate surface area is 166 Å². The van der Waals surface area contributed by atoms with Crippen LogP contribution in [0.4, 0.5) is 5.00 Å². The first-order valence-electron chi connectivity index (χ1n) is 9.47. The molecule has 1 aliphatic heterocycles. The molecule has 3 N–H and O–H groups in total. The first-order chi connectivity index (χ1) is 13.4. The lowest BCUT2D eigenvalue weighted by atomic mass is 9.88. The van der Waals surface area contributed by atoms with Crippen LogP contribution in [0.1, 0.15) is 46.3 Å². The van der Waals surface area contributed by atoms with Crippen molar-refractivity contribution in [3.8, 4) is 0 Å². The smallest absolute Gasteiger partial charge is 0.251 e. The molecule has 7 nitrogen and oxygen atoms in total. The van der Waals surface area contributed by atoms with E-state index >= 15 is 0 Å². The normalized spacial score (nSPS) is 21.6. The number of likely N-dealkylation sites (tertiary alicyclic amines) is 1. The van der Waals surface area contributed by atoms with Crippen molar-refractivity contribution in [2.75, 3.05) is 11.9 Å². The second-order valence-electron chi connectivity index (χ2n) is 7.66. The van der Waals surface area contributed by atoms with Crippen LogP contribution in [-0.4, -0.2) is 29.2 Å². The topological polar surface area (TPSA) is 106 Å². The summed E-state index contributed by atoms with van der Waals surface area (Å²) < 4.78 is 5.29. The highest BCUT2D eigenvalue weighted by molar-refractivity contribution is 7.17. The van der Waals surface area contributed by atoms with Gasteiger partial charge >= 0.3 is 0 Å². The molecule has 0 spiro atoms. The van der Waals surface area contributed by atoms with Gasteiger partial charge in [0.2, 0.25) is 11.8 Å². The molecule has 1 saturated heterocycles. The number of hydrogen-bond donors (Lipinski definition) is 2. The number of amides is 3. The fourth-order valence-corrected chi connectivity index (χ4v) is 5.42. The summed E-state index contributed by atoms with van der Waals surface area (Å²) in [6, 6.07) is 3.57. The van der Waals surface area contributed by atoms with Crippen LogP contribution in [0, 0.1) is 11.8 Å². The summed E-state index contributed by atoms with van der Waals surface area (Å²) in [6.07, 6.45) is 4.43. The second-order valence-corrected chi connectivity index (χ2v) is 8.77. The molecule has 28 heavy (non-hydrogen) atoms. The highest BCUT2D eigenvalue weighted by Gasteiger charge is 2.36. The molecule has 2 aliphatic rings. The maximum atomic E-state index is 12.8. The predicted molar refractivity (Wildman–Crippen MR) is 105 cm³/mol. The van der Waals surface area contributed by atoms with E-state index in [0.717, 1.165) is 29.7 Å². The molecule has 148 valence electrons. The Bertz CT molecular complexity index is 918. The van der Waals surface area contributed by atoms with E-state index in [4.69, 9.17) is 10.2 Å². The number of anilines is 1. The molecule has 0 radical (unpaired) electrons. The zero-order chi connectivity index (χ0) is 19.8. The number of carbonyl (C=O) groups excluding carboxylic acids is 3. The minimum absolute atomic E-state index is 0.0778. The second kappa shape index (κ2) is 7.43. The van der Waals surface area contributed by atoms with Crippen molar-refractivity contribution in [2.24, 2.45) is 17.6 Å². The SMILES string of the molecule is C[C@H]1CCc2c(sc(NC(=O)[C@H]3CC(=O)N(Cc4ccco4)C3)c2C(N)=O)C1. The minimum Gasteiger partial charge on any atom is -0.467 e. The molecule has 8 heteroatoms. The number of primary amides is 1. The van der Waals surface area contributed by atoms with E-state index in [1.54, 1.807) is 23.3 Å². The lowest BCUT2D eigenvalue weighted by Crippen LogP contribution is -2.28. The van der Waals surface area contributed by atoms with E-state index in [9.17, 15) is 14.4 Å². The maximum Gasteiger partial charge on any atom is 0.251 e. The lowest BCUT2D eigenvalue weighted by Gasteiger charge is -2.18. The lowest BCUT2D eigenvalue weighted by molar-refractivity contribution is -0.128. The summed E-state index contributed by atoms with van der Waals surface area (Å²) in [4.78, 5) is 39.9. The van der Waals surface area contributed by atoms with E-state index in [0.29, 0.717) is 35.3 Å². The van der Waals surface area contributed by atoms with E-state index in [1.807, 2.05) is 0 Å². The van der Waals surface area contributed by atoms with Crippen molar-refractivity contribution in [2.45, 2.75) is 39.2 Å². The van der Waals surface area contributed by atoms with Gasteiger partial charge < -0.3 is 20.4 Å². The highest BCUT2D eigenvalue weighted by atomic mass is 32.1. The van der Waals surface area contributed by atoms with E-state index in [2.05, 4.69) is 12.2 Å². The summed E-state index contributed by atoms with van der Waals surface area (Å²) in [5.41, 5.74) is 7.03. The zero-order valence-electron chi connectivity index (χ0n) is 15.7. The van der Waals surface area contributed by atoms with Crippen LogP contribution in [0.3, 0.4) is 0 Å². The van der Waals surface area contributed by atoms with Crippen molar-refractivity contribution in [3.63, 3.8) is 0 Å². The largest absolute Gasteiger partial charge is 0.467 e. The predicted octanol–water partition coefficient (Wildman–Crippen LogP) is 2.55. The van der Waals surface area contributed by atoms with Gasteiger partial charge in [-0.3, -0.25) is 14.4 Å². The van der Waals surface area contributed by atoms with Crippen LogP contribution < -0.4 is 11.1 Å². The Balaban J connectivity index is 1.48. The van der Waals surface area contributed by atoms with Crippen LogP contribution >= 0.6 is 11.3 Å². The van der Waals surface area contributed by atoms with Gasteiger partial charge in [-0.15, -0.1) is 11.3 Å². The van der Waals surface area contributed by atoms with Crippen molar-refractivity contribution < 1.29 is 18.8 Å². The van der Waals surface area contributed by atoms with Crippen LogP contribution in [0.2, 0.25) is 0 Å². The Morgan fingerprint density at radius 2 is 2.21 bits per heavy atom. The number of rotatable bonds is 5. The molecule has 0 aromatic carbocycles. The van der Waals surface area contributed by atoms with Gasteiger partial charge in [-0.1, -0.05) is 6.92 Å². The van der Waals surface area contributed by atoms with Crippen LogP contribution in [0.5, 0.6) is 0 Å². The van der Waals surface area contributed by atoms with E-state index in [-0.39, 0.29) is 18.2 Å².